The third-order valence-electron chi connectivity index (χ3n) is 3.20. The van der Waals surface area contributed by atoms with E-state index in [1.807, 2.05) is 6.92 Å². The second kappa shape index (κ2) is 5.41. The van der Waals surface area contributed by atoms with Crippen LogP contribution in [0.1, 0.15) is 52.9 Å². The lowest BCUT2D eigenvalue weighted by Gasteiger charge is -2.34. The van der Waals surface area contributed by atoms with Crippen LogP contribution in [0.5, 0.6) is 0 Å². The molecule has 0 aromatic heterocycles. The summed E-state index contributed by atoms with van der Waals surface area (Å²) in [6.07, 6.45) is 6.41. The van der Waals surface area contributed by atoms with E-state index in [0.717, 1.165) is 19.0 Å². The molecule has 1 nitrogen and oxygen atoms in total. The Balaban J connectivity index is 2.12. The highest BCUT2D eigenvalue weighted by atomic mass is 14.9. The second-order valence-corrected chi connectivity index (χ2v) is 5.07. The van der Waals surface area contributed by atoms with Gasteiger partial charge in [-0.3, -0.25) is 0 Å². The molecule has 0 radical (unpaired) electrons. The Hall–Kier alpha value is -0.480. The van der Waals surface area contributed by atoms with E-state index in [9.17, 15) is 0 Å². The van der Waals surface area contributed by atoms with Crippen molar-refractivity contribution in [3.05, 3.63) is 0 Å². The van der Waals surface area contributed by atoms with Crippen LogP contribution < -0.4 is 5.32 Å². The molecule has 0 spiro atoms. The summed E-state index contributed by atoms with van der Waals surface area (Å²) in [5.74, 6) is 6.02. The van der Waals surface area contributed by atoms with Crippen LogP contribution in [-0.2, 0) is 0 Å². The SMILES string of the molecule is CC#CCCNC1CCC(C)(C)CC1. The summed E-state index contributed by atoms with van der Waals surface area (Å²) in [7, 11) is 0. The third-order valence-corrected chi connectivity index (χ3v) is 3.20. The second-order valence-electron chi connectivity index (χ2n) is 5.07. The number of hydrogen-bond donors (Lipinski definition) is 1. The van der Waals surface area contributed by atoms with Gasteiger partial charge in [0.25, 0.3) is 0 Å². The van der Waals surface area contributed by atoms with Gasteiger partial charge in [0.15, 0.2) is 0 Å². The van der Waals surface area contributed by atoms with Crippen molar-refractivity contribution in [3.63, 3.8) is 0 Å². The van der Waals surface area contributed by atoms with Crippen LogP contribution in [0.2, 0.25) is 0 Å². The Morgan fingerprint density at radius 1 is 1.29 bits per heavy atom. The van der Waals surface area contributed by atoms with Crippen LogP contribution in [0.3, 0.4) is 0 Å². The summed E-state index contributed by atoms with van der Waals surface area (Å²) in [5.41, 5.74) is 0.585. The lowest BCUT2D eigenvalue weighted by Crippen LogP contribution is -2.35. The van der Waals surface area contributed by atoms with Gasteiger partial charge >= 0.3 is 0 Å². The fraction of sp³-hybridized carbons (Fsp3) is 0.846. The van der Waals surface area contributed by atoms with E-state index in [2.05, 4.69) is 31.0 Å². The molecule has 0 amide bonds. The standard InChI is InChI=1S/C13H23N/c1-4-5-6-11-14-12-7-9-13(2,3)10-8-12/h12,14H,6-11H2,1-3H3. The average molecular weight is 193 g/mol. The summed E-state index contributed by atoms with van der Waals surface area (Å²) in [6, 6.07) is 0.752. The van der Waals surface area contributed by atoms with Crippen molar-refractivity contribution >= 4 is 0 Å². The Morgan fingerprint density at radius 2 is 1.93 bits per heavy atom. The van der Waals surface area contributed by atoms with E-state index in [-0.39, 0.29) is 0 Å². The summed E-state index contributed by atoms with van der Waals surface area (Å²) < 4.78 is 0. The zero-order valence-electron chi connectivity index (χ0n) is 9.82. The lowest BCUT2D eigenvalue weighted by molar-refractivity contribution is 0.207. The van der Waals surface area contributed by atoms with Gasteiger partial charge in [0.05, 0.1) is 0 Å². The monoisotopic (exact) mass is 193 g/mol. The van der Waals surface area contributed by atoms with Crippen molar-refractivity contribution in [2.75, 3.05) is 6.54 Å². The van der Waals surface area contributed by atoms with E-state index < -0.39 is 0 Å². The first-order valence-electron chi connectivity index (χ1n) is 5.77. The fourth-order valence-corrected chi connectivity index (χ4v) is 2.07. The smallest absolute Gasteiger partial charge is 0.0214 e. The minimum atomic E-state index is 0.585. The van der Waals surface area contributed by atoms with Gasteiger partial charge in [-0.05, 0) is 38.0 Å². The molecule has 0 heterocycles. The molecule has 1 N–H and O–H groups in total. The molecule has 0 aromatic rings. The van der Waals surface area contributed by atoms with Crippen molar-refractivity contribution < 1.29 is 0 Å². The van der Waals surface area contributed by atoms with E-state index in [0.29, 0.717) is 5.41 Å². The average Bonchev–Trinajstić information content (AvgIpc) is 2.15. The molecule has 0 atom stereocenters. The largest absolute Gasteiger partial charge is 0.313 e. The van der Waals surface area contributed by atoms with E-state index in [4.69, 9.17) is 0 Å². The maximum atomic E-state index is 3.59. The number of rotatable bonds is 3. The van der Waals surface area contributed by atoms with Crippen LogP contribution >= 0.6 is 0 Å². The molecule has 14 heavy (non-hydrogen) atoms. The van der Waals surface area contributed by atoms with Crippen LogP contribution in [-0.4, -0.2) is 12.6 Å². The molecule has 1 aliphatic carbocycles. The first kappa shape index (κ1) is 11.6. The van der Waals surface area contributed by atoms with Gasteiger partial charge in [0, 0.05) is 19.0 Å². The topological polar surface area (TPSA) is 12.0 Å². The van der Waals surface area contributed by atoms with Crippen LogP contribution in [0.15, 0.2) is 0 Å². The zero-order valence-corrected chi connectivity index (χ0v) is 9.82. The molecule has 1 rings (SSSR count). The lowest BCUT2D eigenvalue weighted by atomic mass is 9.75. The van der Waals surface area contributed by atoms with Crippen molar-refractivity contribution in [3.8, 4) is 11.8 Å². The number of hydrogen-bond acceptors (Lipinski definition) is 1. The van der Waals surface area contributed by atoms with Crippen molar-refractivity contribution in [2.45, 2.75) is 58.9 Å². The first-order valence-corrected chi connectivity index (χ1v) is 5.77. The van der Waals surface area contributed by atoms with Crippen LogP contribution in [0.25, 0.3) is 0 Å². The van der Waals surface area contributed by atoms with Crippen molar-refractivity contribution in [1.82, 2.24) is 5.32 Å². The van der Waals surface area contributed by atoms with Crippen LogP contribution in [0.4, 0.5) is 0 Å². The minimum Gasteiger partial charge on any atom is -0.313 e. The molecule has 0 bridgehead atoms. The number of nitrogens with one attached hydrogen (secondary N) is 1. The van der Waals surface area contributed by atoms with Gasteiger partial charge in [-0.15, -0.1) is 11.8 Å². The predicted octanol–water partition coefficient (Wildman–Crippen LogP) is 2.96. The van der Waals surface area contributed by atoms with E-state index in [1.54, 1.807) is 0 Å². The molecule has 0 unspecified atom stereocenters. The predicted molar refractivity (Wildman–Crippen MR) is 62.1 cm³/mol. The van der Waals surface area contributed by atoms with Gasteiger partial charge < -0.3 is 5.32 Å². The highest BCUT2D eigenvalue weighted by molar-refractivity contribution is 4.95. The van der Waals surface area contributed by atoms with Crippen molar-refractivity contribution in [2.24, 2.45) is 5.41 Å². The molecular formula is C13H23N. The van der Waals surface area contributed by atoms with Gasteiger partial charge in [0.1, 0.15) is 0 Å². The molecule has 1 heteroatoms. The minimum absolute atomic E-state index is 0.585. The molecular weight excluding hydrogens is 170 g/mol. The molecule has 0 aliphatic heterocycles. The highest BCUT2D eigenvalue weighted by Crippen LogP contribution is 2.34. The maximum Gasteiger partial charge on any atom is 0.0214 e. The summed E-state index contributed by atoms with van der Waals surface area (Å²) in [5, 5.41) is 3.59. The summed E-state index contributed by atoms with van der Waals surface area (Å²) in [4.78, 5) is 0. The molecule has 0 saturated heterocycles. The van der Waals surface area contributed by atoms with Crippen molar-refractivity contribution in [1.29, 1.82) is 0 Å². The highest BCUT2D eigenvalue weighted by Gasteiger charge is 2.25. The Morgan fingerprint density at radius 3 is 2.50 bits per heavy atom. The molecule has 80 valence electrons. The molecule has 1 aliphatic rings. The van der Waals surface area contributed by atoms with Gasteiger partial charge in [-0.2, -0.15) is 0 Å². The van der Waals surface area contributed by atoms with E-state index in [1.165, 1.54) is 25.7 Å². The summed E-state index contributed by atoms with van der Waals surface area (Å²) >= 11 is 0. The summed E-state index contributed by atoms with van der Waals surface area (Å²) in [6.45, 7) is 7.73. The molecule has 0 aromatic carbocycles. The van der Waals surface area contributed by atoms with E-state index >= 15 is 0 Å². The molecule has 1 saturated carbocycles. The van der Waals surface area contributed by atoms with Gasteiger partial charge in [0.2, 0.25) is 0 Å². The quantitative estimate of drug-likeness (QED) is 0.537. The fourth-order valence-electron chi connectivity index (χ4n) is 2.07. The Kier molecular flexibility index (Phi) is 4.48. The Labute approximate surface area is 88.7 Å². The maximum absolute atomic E-state index is 3.59. The third kappa shape index (κ3) is 4.15. The zero-order chi connectivity index (χ0) is 10.4. The normalized spacial score (nSPS) is 21.4. The molecule has 1 fully saturated rings. The van der Waals surface area contributed by atoms with Crippen LogP contribution in [0, 0.1) is 17.3 Å². The Bertz CT molecular complexity index is 209. The first-order chi connectivity index (χ1) is 6.64. The van der Waals surface area contributed by atoms with Gasteiger partial charge in [-0.1, -0.05) is 13.8 Å². The van der Waals surface area contributed by atoms with Gasteiger partial charge in [-0.25, -0.2) is 0 Å².